The number of carbonyl (C=O) groups is 1. The monoisotopic (exact) mass is 224 g/mol. The van der Waals surface area contributed by atoms with E-state index in [9.17, 15) is 9.90 Å². The molecule has 1 aromatic carbocycles. The molecule has 0 fully saturated rings. The van der Waals surface area contributed by atoms with Crippen LogP contribution < -0.4 is 4.74 Å². The summed E-state index contributed by atoms with van der Waals surface area (Å²) in [6.45, 7) is 4.29. The summed E-state index contributed by atoms with van der Waals surface area (Å²) in [5.74, 6) is -0.285. The summed E-state index contributed by atoms with van der Waals surface area (Å²) in [7, 11) is 0. The Morgan fingerprint density at radius 1 is 1.50 bits per heavy atom. The minimum Gasteiger partial charge on any atom is -0.494 e. The summed E-state index contributed by atoms with van der Waals surface area (Å²) in [5, 5.41) is 18.3. The molecule has 4 heteroatoms. The van der Waals surface area contributed by atoms with Crippen LogP contribution in [0.15, 0.2) is 18.2 Å². The lowest BCUT2D eigenvalue weighted by Crippen LogP contribution is -2.07. The Labute approximate surface area is 94.5 Å². The molecule has 0 aromatic heterocycles. The molecule has 0 heterocycles. The lowest BCUT2D eigenvalue weighted by molar-refractivity contribution is -0.139. The second kappa shape index (κ2) is 5.51. The van der Waals surface area contributed by atoms with Crippen LogP contribution >= 0.6 is 0 Å². The molecule has 0 radical (unpaired) electrons. The van der Waals surface area contributed by atoms with Crippen LogP contribution in [-0.2, 0) is 4.79 Å². The summed E-state index contributed by atoms with van der Waals surface area (Å²) < 4.78 is 5.30. The van der Waals surface area contributed by atoms with E-state index >= 15 is 0 Å². The lowest BCUT2D eigenvalue weighted by Gasteiger charge is -2.13. The Bertz CT molecular complexity index is 373. The van der Waals surface area contributed by atoms with E-state index in [1.54, 1.807) is 18.2 Å². The van der Waals surface area contributed by atoms with Crippen molar-refractivity contribution in [3.63, 3.8) is 0 Å². The van der Waals surface area contributed by atoms with Gasteiger partial charge >= 0.3 is 5.97 Å². The van der Waals surface area contributed by atoms with Gasteiger partial charge in [-0.3, -0.25) is 4.79 Å². The minimum absolute atomic E-state index is 0.283. The number of rotatable bonds is 5. The first-order chi connectivity index (χ1) is 7.54. The maximum atomic E-state index is 10.5. The van der Waals surface area contributed by atoms with Crippen molar-refractivity contribution in [3.05, 3.63) is 29.3 Å². The fourth-order valence-corrected chi connectivity index (χ4v) is 1.55. The number of ether oxygens (including phenoxy) is 1. The van der Waals surface area contributed by atoms with Crippen LogP contribution in [0.25, 0.3) is 0 Å². The van der Waals surface area contributed by atoms with Crippen LogP contribution in [0.3, 0.4) is 0 Å². The second-order valence-electron chi connectivity index (χ2n) is 3.57. The average molecular weight is 224 g/mol. The normalized spacial score (nSPS) is 12.2. The van der Waals surface area contributed by atoms with Gasteiger partial charge in [0.15, 0.2) is 0 Å². The molecule has 0 spiro atoms. The van der Waals surface area contributed by atoms with Crippen molar-refractivity contribution < 1.29 is 19.7 Å². The molecule has 0 saturated heterocycles. The Balaban J connectivity index is 2.85. The van der Waals surface area contributed by atoms with E-state index in [2.05, 4.69) is 0 Å². The molecule has 1 aromatic rings. The first-order valence-electron chi connectivity index (χ1n) is 5.17. The molecule has 1 rings (SSSR count). The fraction of sp³-hybridized carbons (Fsp3) is 0.417. The number of benzene rings is 1. The van der Waals surface area contributed by atoms with E-state index in [1.807, 2.05) is 13.8 Å². The Hall–Kier alpha value is -1.55. The molecule has 0 aliphatic heterocycles. The molecule has 1 unspecified atom stereocenters. The van der Waals surface area contributed by atoms with Crippen molar-refractivity contribution in [1.82, 2.24) is 0 Å². The number of carboxylic acid groups (broad SMARTS) is 1. The highest BCUT2D eigenvalue weighted by Gasteiger charge is 2.14. The summed E-state index contributed by atoms with van der Waals surface area (Å²) in [6, 6.07) is 5.23. The molecule has 0 aliphatic rings. The molecule has 16 heavy (non-hydrogen) atoms. The van der Waals surface area contributed by atoms with Crippen molar-refractivity contribution >= 4 is 5.97 Å². The van der Waals surface area contributed by atoms with Gasteiger partial charge in [-0.05, 0) is 37.1 Å². The summed E-state index contributed by atoms with van der Waals surface area (Å²) in [6.07, 6.45) is -1.25. The zero-order valence-electron chi connectivity index (χ0n) is 9.43. The first kappa shape index (κ1) is 12.5. The van der Waals surface area contributed by atoms with Gasteiger partial charge in [0.05, 0.1) is 19.1 Å². The minimum atomic E-state index is -1.01. The summed E-state index contributed by atoms with van der Waals surface area (Å²) >= 11 is 0. The summed E-state index contributed by atoms with van der Waals surface area (Å²) in [4.78, 5) is 10.5. The van der Waals surface area contributed by atoms with E-state index in [1.165, 1.54) is 0 Å². The van der Waals surface area contributed by atoms with Gasteiger partial charge in [0.2, 0.25) is 0 Å². The lowest BCUT2D eigenvalue weighted by atomic mass is 10.0. The molecule has 2 N–H and O–H groups in total. The molecular weight excluding hydrogens is 208 g/mol. The van der Waals surface area contributed by atoms with E-state index in [-0.39, 0.29) is 6.42 Å². The van der Waals surface area contributed by atoms with Crippen LogP contribution in [0.1, 0.15) is 30.6 Å². The highest BCUT2D eigenvalue weighted by Crippen LogP contribution is 2.24. The van der Waals surface area contributed by atoms with Crippen molar-refractivity contribution in [1.29, 1.82) is 0 Å². The highest BCUT2D eigenvalue weighted by molar-refractivity contribution is 5.67. The predicted octanol–water partition coefficient (Wildman–Crippen LogP) is 1.90. The summed E-state index contributed by atoms with van der Waals surface area (Å²) in [5.41, 5.74) is 1.46. The van der Waals surface area contributed by atoms with Gasteiger partial charge in [0.25, 0.3) is 0 Å². The maximum Gasteiger partial charge on any atom is 0.306 e. The van der Waals surface area contributed by atoms with Gasteiger partial charge in [-0.2, -0.15) is 0 Å². The molecule has 0 bridgehead atoms. The average Bonchev–Trinajstić information content (AvgIpc) is 2.16. The number of aliphatic hydroxyl groups excluding tert-OH is 1. The quantitative estimate of drug-likeness (QED) is 0.801. The standard InChI is InChI=1S/C12H16O4/c1-3-16-9-4-5-10(8(2)6-9)11(13)7-12(14)15/h4-6,11,13H,3,7H2,1-2H3,(H,14,15). The zero-order valence-corrected chi connectivity index (χ0v) is 9.43. The van der Waals surface area contributed by atoms with Crippen LogP contribution in [0, 0.1) is 6.92 Å². The smallest absolute Gasteiger partial charge is 0.306 e. The molecular formula is C12H16O4. The predicted molar refractivity (Wildman–Crippen MR) is 59.6 cm³/mol. The zero-order chi connectivity index (χ0) is 12.1. The fourth-order valence-electron chi connectivity index (χ4n) is 1.55. The molecule has 0 saturated carbocycles. The van der Waals surface area contributed by atoms with E-state index in [4.69, 9.17) is 9.84 Å². The molecule has 0 amide bonds. The topological polar surface area (TPSA) is 66.8 Å². The third-order valence-corrected chi connectivity index (χ3v) is 2.28. The Morgan fingerprint density at radius 2 is 2.19 bits per heavy atom. The van der Waals surface area contributed by atoms with E-state index < -0.39 is 12.1 Å². The van der Waals surface area contributed by atoms with Crippen LogP contribution in [0.4, 0.5) is 0 Å². The highest BCUT2D eigenvalue weighted by atomic mass is 16.5. The van der Waals surface area contributed by atoms with Gasteiger partial charge in [0.1, 0.15) is 5.75 Å². The van der Waals surface area contributed by atoms with E-state index in [0.29, 0.717) is 12.2 Å². The van der Waals surface area contributed by atoms with Gasteiger partial charge in [0, 0.05) is 0 Å². The van der Waals surface area contributed by atoms with Crippen molar-refractivity contribution in [2.75, 3.05) is 6.61 Å². The van der Waals surface area contributed by atoms with Crippen LogP contribution in [0.5, 0.6) is 5.75 Å². The van der Waals surface area contributed by atoms with Gasteiger partial charge in [-0.15, -0.1) is 0 Å². The number of aliphatic hydroxyl groups is 1. The molecule has 1 atom stereocenters. The van der Waals surface area contributed by atoms with Gasteiger partial charge in [-0.1, -0.05) is 6.07 Å². The third-order valence-electron chi connectivity index (χ3n) is 2.28. The number of hydrogen-bond acceptors (Lipinski definition) is 3. The third kappa shape index (κ3) is 3.24. The molecule has 88 valence electrons. The number of aryl methyl sites for hydroxylation is 1. The van der Waals surface area contributed by atoms with Crippen LogP contribution in [-0.4, -0.2) is 22.8 Å². The SMILES string of the molecule is CCOc1ccc(C(O)CC(=O)O)c(C)c1. The van der Waals surface area contributed by atoms with Gasteiger partial charge in [-0.25, -0.2) is 0 Å². The van der Waals surface area contributed by atoms with Crippen molar-refractivity contribution in [3.8, 4) is 5.75 Å². The van der Waals surface area contributed by atoms with Crippen molar-refractivity contribution in [2.45, 2.75) is 26.4 Å². The molecule has 0 aliphatic carbocycles. The first-order valence-corrected chi connectivity index (χ1v) is 5.17. The Kier molecular flexibility index (Phi) is 4.31. The second-order valence-corrected chi connectivity index (χ2v) is 3.57. The Morgan fingerprint density at radius 3 is 2.69 bits per heavy atom. The molecule has 4 nitrogen and oxygen atoms in total. The number of aliphatic carboxylic acids is 1. The number of carboxylic acids is 1. The van der Waals surface area contributed by atoms with E-state index in [0.717, 1.165) is 11.3 Å². The van der Waals surface area contributed by atoms with Gasteiger partial charge < -0.3 is 14.9 Å². The largest absolute Gasteiger partial charge is 0.494 e. The maximum absolute atomic E-state index is 10.5. The number of hydrogen-bond donors (Lipinski definition) is 2. The van der Waals surface area contributed by atoms with Crippen LogP contribution in [0.2, 0.25) is 0 Å². The van der Waals surface area contributed by atoms with Crippen molar-refractivity contribution in [2.24, 2.45) is 0 Å².